The monoisotopic (exact) mass is 164 g/mol. The molecule has 0 radical (unpaired) electrons. The van der Waals surface area contributed by atoms with Crippen LogP contribution in [0.15, 0.2) is 34.6 Å². The molecule has 0 aliphatic rings. The summed E-state index contributed by atoms with van der Waals surface area (Å²) in [6, 6.07) is 3.92. The molecule has 0 aliphatic heterocycles. The highest BCUT2D eigenvalue weighted by atomic mass is 15.3. The maximum Gasteiger partial charge on any atom is 0.116 e. The van der Waals surface area contributed by atoms with Gasteiger partial charge in [0.25, 0.3) is 0 Å². The van der Waals surface area contributed by atoms with Gasteiger partial charge in [-0.25, -0.2) is 4.99 Å². The van der Waals surface area contributed by atoms with Crippen LogP contribution in [0.1, 0.15) is 6.92 Å². The molecule has 1 aromatic rings. The smallest absolute Gasteiger partial charge is 0.116 e. The topological polar surface area (TPSA) is 41.7 Å². The Kier molecular flexibility index (Phi) is 3.07. The predicted octanol–water partition coefficient (Wildman–Crippen LogP) is 1.07. The number of aliphatic imine (C=N–C) groups is 1. The molecule has 0 bridgehead atoms. The van der Waals surface area contributed by atoms with E-state index in [1.54, 1.807) is 0 Å². The van der Waals surface area contributed by atoms with E-state index in [-0.39, 0.29) is 0 Å². The van der Waals surface area contributed by atoms with Gasteiger partial charge in [-0.15, -0.1) is 0 Å². The van der Waals surface area contributed by atoms with Crippen molar-refractivity contribution in [3.8, 4) is 0 Å². The predicted molar refractivity (Wildman–Crippen MR) is 50.2 cm³/mol. The summed E-state index contributed by atoms with van der Waals surface area (Å²) in [6.07, 6.45) is 3.91. The fourth-order valence-corrected chi connectivity index (χ4v) is 0.802. The summed E-state index contributed by atoms with van der Waals surface area (Å²) >= 11 is 0. The molecule has 0 atom stereocenters. The third kappa shape index (κ3) is 2.57. The first-order valence-electron chi connectivity index (χ1n) is 3.66. The minimum absolute atomic E-state index is 0.612. The zero-order chi connectivity index (χ0) is 8.81. The Labute approximate surface area is 71.6 Å². The van der Waals surface area contributed by atoms with Gasteiger partial charge in [0, 0.05) is 19.1 Å². The van der Waals surface area contributed by atoms with Gasteiger partial charge in [-0.3, -0.25) is 5.43 Å². The third-order valence-corrected chi connectivity index (χ3v) is 1.38. The van der Waals surface area contributed by atoms with Crippen LogP contribution in [-0.4, -0.2) is 17.1 Å². The van der Waals surface area contributed by atoms with E-state index in [1.807, 2.05) is 36.0 Å². The molecule has 1 rings (SSSR count). The Hall–Kier alpha value is -1.58. The zero-order valence-corrected chi connectivity index (χ0v) is 7.07. The van der Waals surface area contributed by atoms with Crippen LogP contribution in [0.5, 0.6) is 0 Å². The highest BCUT2D eigenvalue weighted by Gasteiger charge is 1.86. The molecule has 12 heavy (non-hydrogen) atoms. The highest BCUT2D eigenvalue weighted by molar-refractivity contribution is 5.79. The first kappa shape index (κ1) is 8.52. The number of nitrogens with zero attached hydrogens (tertiary/aromatic N) is 3. The van der Waals surface area contributed by atoms with Crippen molar-refractivity contribution in [2.75, 3.05) is 0 Å². The van der Waals surface area contributed by atoms with Crippen molar-refractivity contribution in [2.24, 2.45) is 10.1 Å². The number of hydrogen-bond acceptors (Lipinski definition) is 2. The summed E-state index contributed by atoms with van der Waals surface area (Å²) in [4.78, 5) is 4.19. The lowest BCUT2D eigenvalue weighted by Gasteiger charge is -1.99. The standard InChI is InChI=1S/C8H12N4/c1-8(11-9-2)10-7-12-5-3-4-6-12/h3-6H,2,7H2,1H3,(H,10,11). The number of aromatic nitrogens is 1. The average molecular weight is 164 g/mol. The zero-order valence-electron chi connectivity index (χ0n) is 7.07. The molecule has 1 heterocycles. The Morgan fingerprint density at radius 1 is 1.50 bits per heavy atom. The molecule has 64 valence electrons. The summed E-state index contributed by atoms with van der Waals surface area (Å²) in [5.41, 5.74) is 2.66. The third-order valence-electron chi connectivity index (χ3n) is 1.38. The molecule has 0 amide bonds. The van der Waals surface area contributed by atoms with Gasteiger partial charge in [0.2, 0.25) is 0 Å². The minimum atomic E-state index is 0.612. The molecule has 4 heteroatoms. The van der Waals surface area contributed by atoms with Crippen molar-refractivity contribution in [1.82, 2.24) is 9.99 Å². The molecule has 1 N–H and O–H groups in total. The van der Waals surface area contributed by atoms with Crippen LogP contribution < -0.4 is 5.43 Å². The SMILES string of the molecule is C=NN/C(C)=N\Cn1cccc1. The lowest BCUT2D eigenvalue weighted by atomic mass is 10.7. The van der Waals surface area contributed by atoms with Crippen molar-refractivity contribution in [1.29, 1.82) is 0 Å². The summed E-state index contributed by atoms with van der Waals surface area (Å²) in [5.74, 6) is 0.763. The van der Waals surface area contributed by atoms with Crippen molar-refractivity contribution < 1.29 is 0 Å². The minimum Gasteiger partial charge on any atom is -0.334 e. The Morgan fingerprint density at radius 3 is 2.75 bits per heavy atom. The van der Waals surface area contributed by atoms with E-state index in [9.17, 15) is 0 Å². The van der Waals surface area contributed by atoms with Crippen LogP contribution in [0, 0.1) is 0 Å². The van der Waals surface area contributed by atoms with Crippen molar-refractivity contribution in [2.45, 2.75) is 13.6 Å². The second-order valence-corrected chi connectivity index (χ2v) is 2.35. The van der Waals surface area contributed by atoms with E-state index >= 15 is 0 Å². The lowest BCUT2D eigenvalue weighted by molar-refractivity contribution is 0.733. The number of hydrogen-bond donors (Lipinski definition) is 1. The first-order valence-corrected chi connectivity index (χ1v) is 3.66. The van der Waals surface area contributed by atoms with Gasteiger partial charge in [0.1, 0.15) is 12.5 Å². The maximum absolute atomic E-state index is 4.19. The summed E-state index contributed by atoms with van der Waals surface area (Å²) in [5, 5.41) is 3.50. The molecule has 0 saturated carbocycles. The van der Waals surface area contributed by atoms with Crippen LogP contribution in [0.3, 0.4) is 0 Å². The number of hydrazone groups is 1. The van der Waals surface area contributed by atoms with Crippen LogP contribution >= 0.6 is 0 Å². The highest BCUT2D eigenvalue weighted by Crippen LogP contribution is 1.90. The van der Waals surface area contributed by atoms with Gasteiger partial charge in [0.15, 0.2) is 0 Å². The van der Waals surface area contributed by atoms with Gasteiger partial charge in [-0.1, -0.05) is 0 Å². The van der Waals surface area contributed by atoms with Gasteiger partial charge >= 0.3 is 0 Å². The lowest BCUT2D eigenvalue weighted by Crippen LogP contribution is -2.13. The Bertz CT molecular complexity index is 261. The van der Waals surface area contributed by atoms with E-state index in [2.05, 4.69) is 22.2 Å². The molecule has 0 aromatic carbocycles. The van der Waals surface area contributed by atoms with E-state index in [0.29, 0.717) is 6.67 Å². The van der Waals surface area contributed by atoms with Gasteiger partial charge in [-0.2, -0.15) is 5.10 Å². The largest absolute Gasteiger partial charge is 0.334 e. The van der Waals surface area contributed by atoms with E-state index in [0.717, 1.165) is 5.84 Å². The van der Waals surface area contributed by atoms with Gasteiger partial charge in [-0.05, 0) is 19.1 Å². The molecule has 0 saturated heterocycles. The van der Waals surface area contributed by atoms with Crippen molar-refractivity contribution >= 4 is 12.6 Å². The fourth-order valence-electron chi connectivity index (χ4n) is 0.802. The molecule has 0 aliphatic carbocycles. The average Bonchev–Trinajstić information content (AvgIpc) is 2.53. The molecule has 0 unspecified atom stereocenters. The fraction of sp³-hybridized carbons (Fsp3) is 0.250. The van der Waals surface area contributed by atoms with E-state index in [1.165, 1.54) is 0 Å². The van der Waals surface area contributed by atoms with E-state index in [4.69, 9.17) is 0 Å². The van der Waals surface area contributed by atoms with Crippen LogP contribution in [-0.2, 0) is 6.67 Å². The molecular weight excluding hydrogens is 152 g/mol. The second-order valence-electron chi connectivity index (χ2n) is 2.35. The summed E-state index contributed by atoms with van der Waals surface area (Å²) < 4.78 is 1.97. The Balaban J connectivity index is 2.43. The normalized spacial score (nSPS) is 11.2. The molecular formula is C8H12N4. The van der Waals surface area contributed by atoms with Crippen LogP contribution in [0.25, 0.3) is 0 Å². The number of nitrogens with one attached hydrogen (secondary N) is 1. The molecule has 0 spiro atoms. The number of amidine groups is 1. The molecule has 1 aromatic heterocycles. The molecule has 0 fully saturated rings. The summed E-state index contributed by atoms with van der Waals surface area (Å²) in [7, 11) is 0. The number of rotatable bonds is 3. The van der Waals surface area contributed by atoms with E-state index < -0.39 is 0 Å². The van der Waals surface area contributed by atoms with Crippen molar-refractivity contribution in [3.63, 3.8) is 0 Å². The van der Waals surface area contributed by atoms with Gasteiger partial charge < -0.3 is 4.57 Å². The van der Waals surface area contributed by atoms with Crippen LogP contribution in [0.2, 0.25) is 0 Å². The second kappa shape index (κ2) is 4.33. The quantitative estimate of drug-likeness (QED) is 0.405. The van der Waals surface area contributed by atoms with Crippen molar-refractivity contribution in [3.05, 3.63) is 24.5 Å². The summed E-state index contributed by atoms with van der Waals surface area (Å²) in [6.45, 7) is 5.75. The van der Waals surface area contributed by atoms with Gasteiger partial charge in [0.05, 0.1) is 0 Å². The first-order chi connectivity index (χ1) is 5.83. The Morgan fingerprint density at radius 2 is 2.17 bits per heavy atom. The van der Waals surface area contributed by atoms with Crippen LogP contribution in [0.4, 0.5) is 0 Å². The maximum atomic E-state index is 4.19. The molecule has 4 nitrogen and oxygen atoms in total.